The van der Waals surface area contributed by atoms with Gasteiger partial charge in [-0.1, -0.05) is 30.3 Å². The summed E-state index contributed by atoms with van der Waals surface area (Å²) in [7, 11) is 0. The Bertz CT molecular complexity index is 683. The van der Waals surface area contributed by atoms with Crippen LogP contribution in [0.25, 0.3) is 0 Å². The molecule has 1 aromatic heterocycles. The number of amides is 1. The van der Waals surface area contributed by atoms with E-state index in [2.05, 4.69) is 15.2 Å². The number of aromatic amines is 1. The second-order valence-corrected chi connectivity index (χ2v) is 5.96. The van der Waals surface area contributed by atoms with Gasteiger partial charge in [0.15, 0.2) is 5.82 Å². The molecule has 0 spiro atoms. The number of morpholine rings is 1. The fraction of sp³-hybridized carbons (Fsp3) is 0.438. The van der Waals surface area contributed by atoms with Crippen molar-refractivity contribution in [3.8, 4) is 0 Å². The number of hydrogen-bond acceptors (Lipinski definition) is 5. The molecule has 0 bridgehead atoms. The number of ether oxygens (including phenoxy) is 1. The van der Waals surface area contributed by atoms with Gasteiger partial charge in [-0.3, -0.25) is 9.89 Å². The van der Waals surface area contributed by atoms with Gasteiger partial charge in [0.05, 0.1) is 13.2 Å². The molecule has 0 radical (unpaired) electrons. The molecule has 2 aromatic rings. The highest BCUT2D eigenvalue weighted by Crippen LogP contribution is 2.25. The number of H-pyrrole nitrogens is 1. The van der Waals surface area contributed by atoms with Gasteiger partial charge in [-0.2, -0.15) is 5.10 Å². The van der Waals surface area contributed by atoms with Crippen molar-refractivity contribution in [2.24, 2.45) is 5.73 Å². The molecule has 1 aliphatic heterocycles. The SMILES string of the molecule is Cc1nc(C2CN(C(=O)C(C)(N)c3ccccc3)CCO2)n[nH]1. The Morgan fingerprint density at radius 1 is 1.43 bits per heavy atom. The maximum atomic E-state index is 12.9. The van der Waals surface area contributed by atoms with Gasteiger partial charge in [0.1, 0.15) is 17.5 Å². The van der Waals surface area contributed by atoms with Crippen molar-refractivity contribution < 1.29 is 9.53 Å². The van der Waals surface area contributed by atoms with Crippen molar-refractivity contribution in [3.05, 3.63) is 47.5 Å². The predicted octanol–water partition coefficient (Wildman–Crippen LogP) is 0.887. The van der Waals surface area contributed by atoms with Gasteiger partial charge in [0.2, 0.25) is 5.91 Å². The first-order valence-electron chi connectivity index (χ1n) is 7.63. The second-order valence-electron chi connectivity index (χ2n) is 5.96. The lowest BCUT2D eigenvalue weighted by molar-refractivity contribution is -0.144. The number of carbonyl (C=O) groups excluding carboxylic acids is 1. The largest absolute Gasteiger partial charge is 0.366 e. The van der Waals surface area contributed by atoms with E-state index in [4.69, 9.17) is 10.5 Å². The molecule has 23 heavy (non-hydrogen) atoms. The molecule has 2 heterocycles. The van der Waals surface area contributed by atoms with Crippen molar-refractivity contribution in [2.45, 2.75) is 25.5 Å². The summed E-state index contributed by atoms with van der Waals surface area (Å²) in [6.07, 6.45) is -0.329. The standard InChI is InChI=1S/C16H21N5O2/c1-11-18-14(20-19-11)13-10-21(8-9-23-13)15(22)16(2,17)12-6-4-3-5-7-12/h3-7,13H,8-10,17H2,1-2H3,(H,18,19,20). The lowest BCUT2D eigenvalue weighted by atomic mass is 9.91. The number of nitrogens with two attached hydrogens (primary N) is 1. The van der Waals surface area contributed by atoms with Crippen LogP contribution in [0.2, 0.25) is 0 Å². The van der Waals surface area contributed by atoms with E-state index in [1.807, 2.05) is 37.3 Å². The minimum absolute atomic E-state index is 0.121. The Labute approximate surface area is 134 Å². The first-order chi connectivity index (χ1) is 11.0. The van der Waals surface area contributed by atoms with Crippen LogP contribution in [0.4, 0.5) is 0 Å². The van der Waals surface area contributed by atoms with Crippen LogP contribution in [0.5, 0.6) is 0 Å². The molecular weight excluding hydrogens is 294 g/mol. The zero-order valence-electron chi connectivity index (χ0n) is 13.3. The molecule has 2 atom stereocenters. The lowest BCUT2D eigenvalue weighted by Crippen LogP contribution is -2.54. The average molecular weight is 315 g/mol. The number of benzene rings is 1. The van der Waals surface area contributed by atoms with Crippen molar-refractivity contribution >= 4 is 5.91 Å². The van der Waals surface area contributed by atoms with Crippen molar-refractivity contribution in [1.82, 2.24) is 20.1 Å². The van der Waals surface area contributed by atoms with Crippen LogP contribution in [-0.2, 0) is 15.1 Å². The maximum Gasteiger partial charge on any atom is 0.247 e. The van der Waals surface area contributed by atoms with E-state index in [1.165, 1.54) is 0 Å². The van der Waals surface area contributed by atoms with Gasteiger partial charge in [-0.05, 0) is 19.4 Å². The predicted molar refractivity (Wildman–Crippen MR) is 84.4 cm³/mol. The highest BCUT2D eigenvalue weighted by atomic mass is 16.5. The average Bonchev–Trinajstić information content (AvgIpc) is 3.01. The molecule has 3 rings (SSSR count). The first kappa shape index (κ1) is 15.6. The molecule has 7 nitrogen and oxygen atoms in total. The summed E-state index contributed by atoms with van der Waals surface area (Å²) in [6, 6.07) is 9.40. The van der Waals surface area contributed by atoms with E-state index in [1.54, 1.807) is 11.8 Å². The highest BCUT2D eigenvalue weighted by molar-refractivity contribution is 5.87. The summed E-state index contributed by atoms with van der Waals surface area (Å²) in [5, 5.41) is 6.92. The summed E-state index contributed by atoms with van der Waals surface area (Å²) in [4.78, 5) is 18.9. The molecule has 1 fully saturated rings. The zero-order chi connectivity index (χ0) is 16.4. The number of carbonyl (C=O) groups is 1. The van der Waals surface area contributed by atoms with Crippen LogP contribution >= 0.6 is 0 Å². The topological polar surface area (TPSA) is 97.1 Å². The number of aromatic nitrogens is 3. The molecule has 1 aliphatic rings. The van der Waals surface area contributed by atoms with Crippen LogP contribution < -0.4 is 5.73 Å². The number of nitrogens with zero attached hydrogens (tertiary/aromatic N) is 3. The quantitative estimate of drug-likeness (QED) is 0.876. The molecule has 0 aliphatic carbocycles. The van der Waals surface area contributed by atoms with E-state index in [0.29, 0.717) is 25.5 Å². The molecule has 7 heteroatoms. The Morgan fingerprint density at radius 3 is 2.83 bits per heavy atom. The molecule has 3 N–H and O–H groups in total. The van der Waals surface area contributed by atoms with Crippen LogP contribution in [0, 0.1) is 6.92 Å². The number of aryl methyl sites for hydroxylation is 1. The van der Waals surface area contributed by atoms with E-state index in [-0.39, 0.29) is 12.0 Å². The lowest BCUT2D eigenvalue weighted by Gasteiger charge is -2.36. The number of nitrogens with one attached hydrogen (secondary N) is 1. The highest BCUT2D eigenvalue weighted by Gasteiger charge is 2.37. The Morgan fingerprint density at radius 2 is 2.17 bits per heavy atom. The Hall–Kier alpha value is -2.25. The molecule has 0 saturated carbocycles. The van der Waals surface area contributed by atoms with Gasteiger partial charge >= 0.3 is 0 Å². The van der Waals surface area contributed by atoms with E-state index in [0.717, 1.165) is 11.4 Å². The zero-order valence-corrected chi connectivity index (χ0v) is 13.3. The fourth-order valence-corrected chi connectivity index (χ4v) is 2.73. The first-order valence-corrected chi connectivity index (χ1v) is 7.63. The van der Waals surface area contributed by atoms with E-state index >= 15 is 0 Å². The van der Waals surface area contributed by atoms with Gasteiger partial charge in [-0.15, -0.1) is 0 Å². The minimum Gasteiger partial charge on any atom is -0.366 e. The number of rotatable bonds is 3. The normalized spacial score (nSPS) is 21.0. The van der Waals surface area contributed by atoms with Crippen LogP contribution in [0.1, 0.15) is 30.2 Å². The number of hydrogen-bond donors (Lipinski definition) is 2. The third kappa shape index (κ3) is 3.11. The van der Waals surface area contributed by atoms with Crippen molar-refractivity contribution in [1.29, 1.82) is 0 Å². The second kappa shape index (κ2) is 6.10. The van der Waals surface area contributed by atoms with E-state index < -0.39 is 5.54 Å². The summed E-state index contributed by atoms with van der Waals surface area (Å²) < 4.78 is 5.70. The summed E-state index contributed by atoms with van der Waals surface area (Å²) >= 11 is 0. The van der Waals surface area contributed by atoms with Crippen LogP contribution in [0.15, 0.2) is 30.3 Å². The molecule has 2 unspecified atom stereocenters. The maximum absolute atomic E-state index is 12.9. The van der Waals surface area contributed by atoms with Gasteiger partial charge < -0.3 is 15.4 Å². The smallest absolute Gasteiger partial charge is 0.247 e. The monoisotopic (exact) mass is 315 g/mol. The minimum atomic E-state index is -1.07. The van der Waals surface area contributed by atoms with Gasteiger partial charge in [0, 0.05) is 6.54 Å². The van der Waals surface area contributed by atoms with Crippen LogP contribution in [-0.4, -0.2) is 45.7 Å². The van der Waals surface area contributed by atoms with Crippen LogP contribution in [0.3, 0.4) is 0 Å². The fourth-order valence-electron chi connectivity index (χ4n) is 2.73. The molecular formula is C16H21N5O2. The molecule has 1 saturated heterocycles. The summed E-state index contributed by atoms with van der Waals surface area (Å²) in [5.74, 6) is 1.17. The van der Waals surface area contributed by atoms with Crippen molar-refractivity contribution in [2.75, 3.05) is 19.7 Å². The summed E-state index contributed by atoms with van der Waals surface area (Å²) in [5.41, 5.74) is 6.05. The van der Waals surface area contributed by atoms with E-state index in [9.17, 15) is 4.79 Å². The Kier molecular flexibility index (Phi) is 4.14. The van der Waals surface area contributed by atoms with Gasteiger partial charge in [-0.25, -0.2) is 4.98 Å². The third-order valence-corrected chi connectivity index (χ3v) is 4.07. The molecule has 122 valence electrons. The molecule has 1 aromatic carbocycles. The van der Waals surface area contributed by atoms with Crippen molar-refractivity contribution in [3.63, 3.8) is 0 Å². The Balaban J connectivity index is 1.77. The summed E-state index contributed by atoms with van der Waals surface area (Å²) in [6.45, 7) is 4.92. The third-order valence-electron chi connectivity index (χ3n) is 4.07. The molecule has 1 amide bonds. The van der Waals surface area contributed by atoms with Gasteiger partial charge in [0.25, 0.3) is 0 Å².